The maximum Gasteiger partial charge on any atom is 0.261 e. The Bertz CT molecular complexity index is 1130. The maximum atomic E-state index is 12.6. The zero-order chi connectivity index (χ0) is 20.3. The van der Waals surface area contributed by atoms with E-state index in [1.807, 2.05) is 0 Å². The molecule has 9 heteroatoms. The molecule has 2 aromatic carbocycles. The van der Waals surface area contributed by atoms with Gasteiger partial charge in [-0.15, -0.1) is 0 Å². The van der Waals surface area contributed by atoms with Gasteiger partial charge in [-0.2, -0.15) is 0 Å². The summed E-state index contributed by atoms with van der Waals surface area (Å²) in [6.07, 6.45) is 1.39. The van der Waals surface area contributed by atoms with Gasteiger partial charge in [0.15, 0.2) is 0 Å². The van der Waals surface area contributed by atoms with Crippen molar-refractivity contribution in [3.63, 3.8) is 0 Å². The van der Waals surface area contributed by atoms with Crippen LogP contribution in [0.2, 0.25) is 5.02 Å². The summed E-state index contributed by atoms with van der Waals surface area (Å²) in [7, 11) is -3.96. The number of aryl methyl sites for hydroxylation is 1. The highest BCUT2D eigenvalue weighted by molar-refractivity contribution is 7.92. The molecule has 0 spiro atoms. The average Bonchev–Trinajstić information content (AvgIpc) is 2.63. The highest BCUT2D eigenvalue weighted by Crippen LogP contribution is 2.28. The monoisotopic (exact) mass is 417 g/mol. The third-order valence-electron chi connectivity index (χ3n) is 3.78. The summed E-state index contributed by atoms with van der Waals surface area (Å²) < 4.78 is 27.6. The molecule has 3 N–H and O–H groups in total. The van der Waals surface area contributed by atoms with Gasteiger partial charge in [0.25, 0.3) is 15.9 Å². The van der Waals surface area contributed by atoms with Crippen LogP contribution in [0.4, 0.5) is 11.4 Å². The number of hydrogen-bond donors (Lipinski definition) is 3. The number of benzene rings is 2. The maximum absolute atomic E-state index is 12.6. The highest BCUT2D eigenvalue weighted by atomic mass is 35.5. The van der Waals surface area contributed by atoms with Gasteiger partial charge in [-0.3, -0.25) is 14.5 Å². The number of carbonyl (C=O) groups excluding carboxylic acids is 1. The third-order valence-corrected chi connectivity index (χ3v) is 5.39. The second-order valence-electron chi connectivity index (χ2n) is 5.94. The van der Waals surface area contributed by atoms with Gasteiger partial charge in [0.1, 0.15) is 5.75 Å². The van der Waals surface area contributed by atoms with Crippen LogP contribution >= 0.6 is 11.6 Å². The van der Waals surface area contributed by atoms with Crippen molar-refractivity contribution in [2.24, 2.45) is 0 Å². The van der Waals surface area contributed by atoms with Gasteiger partial charge in [0.05, 0.1) is 21.8 Å². The quantitative estimate of drug-likeness (QED) is 0.547. The van der Waals surface area contributed by atoms with Gasteiger partial charge < -0.3 is 10.4 Å². The highest BCUT2D eigenvalue weighted by Gasteiger charge is 2.18. The largest absolute Gasteiger partial charge is 0.506 e. The van der Waals surface area contributed by atoms with Crippen LogP contribution in [0, 0.1) is 6.92 Å². The molecule has 0 bridgehead atoms. The Balaban J connectivity index is 1.86. The fourth-order valence-electron chi connectivity index (χ4n) is 2.35. The van der Waals surface area contributed by atoms with Crippen LogP contribution < -0.4 is 10.0 Å². The Labute approximate surface area is 167 Å². The van der Waals surface area contributed by atoms with Crippen molar-refractivity contribution < 1.29 is 18.3 Å². The standard InChI is InChI=1S/C19H16ClN3O4S/c1-12-5-6-13(11-21-12)19(25)22-17-10-16(7-8-18(17)24)28(26,27)23-15-4-2-3-14(20)9-15/h2-11,23-24H,1H3,(H,22,25). The summed E-state index contributed by atoms with van der Waals surface area (Å²) in [6, 6.07) is 13.1. The number of rotatable bonds is 5. The molecule has 0 fully saturated rings. The van der Waals surface area contributed by atoms with Crippen LogP contribution in [0.5, 0.6) is 5.75 Å². The summed E-state index contributed by atoms with van der Waals surface area (Å²) in [5.74, 6) is -0.796. The summed E-state index contributed by atoms with van der Waals surface area (Å²) >= 11 is 5.87. The Kier molecular flexibility index (Phi) is 5.53. The van der Waals surface area contributed by atoms with Crippen molar-refractivity contribution in [2.75, 3.05) is 10.0 Å². The van der Waals surface area contributed by atoms with Crippen molar-refractivity contribution in [2.45, 2.75) is 11.8 Å². The summed E-state index contributed by atoms with van der Waals surface area (Å²) in [6.45, 7) is 1.79. The summed E-state index contributed by atoms with van der Waals surface area (Å²) in [5, 5.41) is 12.9. The van der Waals surface area contributed by atoms with Crippen molar-refractivity contribution in [1.29, 1.82) is 0 Å². The molecule has 3 rings (SSSR count). The van der Waals surface area contributed by atoms with E-state index in [-0.39, 0.29) is 27.6 Å². The predicted octanol–water partition coefficient (Wildman–Crippen LogP) is 3.80. The van der Waals surface area contributed by atoms with E-state index in [2.05, 4.69) is 15.0 Å². The average molecular weight is 418 g/mol. The number of phenolic OH excluding ortho intramolecular Hbond substituents is 1. The molecule has 0 unspecified atom stereocenters. The normalized spacial score (nSPS) is 11.1. The number of aromatic hydroxyl groups is 1. The number of hydrogen-bond acceptors (Lipinski definition) is 5. The second-order valence-corrected chi connectivity index (χ2v) is 8.06. The lowest BCUT2D eigenvalue weighted by molar-refractivity contribution is 0.102. The Morgan fingerprint density at radius 2 is 1.89 bits per heavy atom. The van der Waals surface area contributed by atoms with E-state index in [0.717, 1.165) is 5.69 Å². The molecule has 0 aliphatic rings. The van der Waals surface area contributed by atoms with Crippen molar-refractivity contribution in [3.8, 4) is 5.75 Å². The molecule has 28 heavy (non-hydrogen) atoms. The summed E-state index contributed by atoms with van der Waals surface area (Å²) in [5.41, 5.74) is 1.27. The number of carbonyl (C=O) groups is 1. The molecule has 0 atom stereocenters. The SMILES string of the molecule is Cc1ccc(C(=O)Nc2cc(S(=O)(=O)Nc3cccc(Cl)c3)ccc2O)cn1. The lowest BCUT2D eigenvalue weighted by Crippen LogP contribution is -2.15. The number of sulfonamides is 1. The van der Waals surface area contributed by atoms with Crippen LogP contribution in [0.25, 0.3) is 0 Å². The molecule has 144 valence electrons. The minimum absolute atomic E-state index is 0.0421. The van der Waals surface area contributed by atoms with E-state index in [1.54, 1.807) is 37.3 Å². The van der Waals surface area contributed by atoms with Gasteiger partial charge in [-0.1, -0.05) is 17.7 Å². The molecule has 0 aliphatic heterocycles. The minimum Gasteiger partial charge on any atom is -0.506 e. The molecule has 3 aromatic rings. The third kappa shape index (κ3) is 4.59. The number of anilines is 2. The van der Waals surface area contributed by atoms with Crippen molar-refractivity contribution in [1.82, 2.24) is 4.98 Å². The smallest absolute Gasteiger partial charge is 0.261 e. The molecular formula is C19H16ClN3O4S. The molecular weight excluding hydrogens is 402 g/mol. The zero-order valence-electron chi connectivity index (χ0n) is 14.7. The molecule has 7 nitrogen and oxygen atoms in total. The van der Waals surface area contributed by atoms with Crippen LogP contribution in [0.15, 0.2) is 65.7 Å². The molecule has 0 saturated carbocycles. The van der Waals surface area contributed by atoms with Crippen LogP contribution in [-0.2, 0) is 10.0 Å². The van der Waals surface area contributed by atoms with Crippen LogP contribution in [0.1, 0.15) is 16.1 Å². The second kappa shape index (κ2) is 7.87. The number of phenols is 1. The molecule has 1 amide bonds. The molecule has 1 aromatic heterocycles. The summed E-state index contributed by atoms with van der Waals surface area (Å²) in [4.78, 5) is 16.2. The van der Waals surface area contributed by atoms with Gasteiger partial charge in [-0.25, -0.2) is 8.42 Å². The first-order valence-corrected chi connectivity index (χ1v) is 9.96. The number of amides is 1. The Morgan fingerprint density at radius 1 is 1.11 bits per heavy atom. The first kappa shape index (κ1) is 19.7. The van der Waals surface area contributed by atoms with Crippen LogP contribution in [0.3, 0.4) is 0 Å². The number of nitrogens with zero attached hydrogens (tertiary/aromatic N) is 1. The first-order chi connectivity index (χ1) is 13.2. The van der Waals surface area contributed by atoms with Gasteiger partial charge in [0.2, 0.25) is 0 Å². The van der Waals surface area contributed by atoms with Gasteiger partial charge in [0, 0.05) is 16.9 Å². The number of nitrogens with one attached hydrogen (secondary N) is 2. The lowest BCUT2D eigenvalue weighted by Gasteiger charge is -2.12. The van der Waals surface area contributed by atoms with E-state index in [1.165, 1.54) is 30.5 Å². The van der Waals surface area contributed by atoms with E-state index in [0.29, 0.717) is 5.02 Å². The Morgan fingerprint density at radius 3 is 2.57 bits per heavy atom. The lowest BCUT2D eigenvalue weighted by atomic mass is 10.2. The predicted molar refractivity (Wildman–Crippen MR) is 107 cm³/mol. The molecule has 1 heterocycles. The number of halogens is 1. The molecule has 0 aliphatic carbocycles. The number of pyridine rings is 1. The van der Waals surface area contributed by atoms with Gasteiger partial charge in [-0.05, 0) is 55.5 Å². The van der Waals surface area contributed by atoms with Crippen LogP contribution in [-0.4, -0.2) is 24.4 Å². The van der Waals surface area contributed by atoms with E-state index < -0.39 is 15.9 Å². The van der Waals surface area contributed by atoms with E-state index in [4.69, 9.17) is 11.6 Å². The van der Waals surface area contributed by atoms with Gasteiger partial charge >= 0.3 is 0 Å². The topological polar surface area (TPSA) is 108 Å². The first-order valence-electron chi connectivity index (χ1n) is 8.10. The minimum atomic E-state index is -3.96. The van der Waals surface area contributed by atoms with Crippen molar-refractivity contribution in [3.05, 3.63) is 77.1 Å². The zero-order valence-corrected chi connectivity index (χ0v) is 16.3. The van der Waals surface area contributed by atoms with E-state index in [9.17, 15) is 18.3 Å². The molecule has 0 saturated heterocycles. The van der Waals surface area contributed by atoms with E-state index >= 15 is 0 Å². The van der Waals surface area contributed by atoms with Crippen molar-refractivity contribution >= 4 is 38.9 Å². The fraction of sp³-hybridized carbons (Fsp3) is 0.0526. The number of aromatic nitrogens is 1. The fourth-order valence-corrected chi connectivity index (χ4v) is 3.61. The Hall–Kier alpha value is -3.10. The molecule has 0 radical (unpaired) electrons.